The van der Waals surface area contributed by atoms with Crippen LogP contribution < -0.4 is 11.1 Å². The quantitative estimate of drug-likeness (QED) is 0.871. The fourth-order valence-corrected chi connectivity index (χ4v) is 1.84. The van der Waals surface area contributed by atoms with Crippen molar-refractivity contribution in [2.24, 2.45) is 5.73 Å². The Morgan fingerprint density at radius 1 is 1.35 bits per heavy atom. The Balaban J connectivity index is 2.12. The van der Waals surface area contributed by atoms with Crippen molar-refractivity contribution < 1.29 is 9.53 Å². The first-order chi connectivity index (χ1) is 9.72. The average molecular weight is 271 g/mol. The molecule has 0 unspecified atom stereocenters. The van der Waals surface area contributed by atoms with Crippen LogP contribution in [0.4, 0.5) is 5.69 Å². The average Bonchev–Trinajstić information content (AvgIpc) is 2.48. The second kappa shape index (κ2) is 6.79. The van der Waals surface area contributed by atoms with Crippen LogP contribution in [0.5, 0.6) is 0 Å². The third-order valence-corrected chi connectivity index (χ3v) is 2.78. The fraction of sp³-hybridized carbons (Fsp3) is 0.200. The molecule has 20 heavy (non-hydrogen) atoms. The van der Waals surface area contributed by atoms with Gasteiger partial charge >= 0.3 is 0 Å². The molecule has 0 aliphatic heterocycles. The maximum atomic E-state index is 12.1. The molecule has 0 radical (unpaired) electrons. The number of aromatic nitrogens is 1. The Morgan fingerprint density at radius 2 is 2.20 bits per heavy atom. The molecule has 2 aromatic rings. The summed E-state index contributed by atoms with van der Waals surface area (Å²) in [4.78, 5) is 16.2. The van der Waals surface area contributed by atoms with Crippen molar-refractivity contribution >= 4 is 11.6 Å². The number of hydrogen-bond acceptors (Lipinski definition) is 4. The molecular weight excluding hydrogens is 254 g/mol. The van der Waals surface area contributed by atoms with E-state index in [2.05, 4.69) is 10.3 Å². The number of ether oxygens (including phenoxy) is 1. The van der Waals surface area contributed by atoms with E-state index in [9.17, 15) is 4.79 Å². The molecule has 0 saturated carbocycles. The highest BCUT2D eigenvalue weighted by Gasteiger charge is 2.07. The summed E-state index contributed by atoms with van der Waals surface area (Å²) in [5, 5.41) is 2.85. The highest BCUT2D eigenvalue weighted by molar-refractivity contribution is 6.04. The third-order valence-electron chi connectivity index (χ3n) is 2.78. The van der Waals surface area contributed by atoms with Crippen LogP contribution in [0.25, 0.3) is 0 Å². The first-order valence-electron chi connectivity index (χ1n) is 6.27. The maximum absolute atomic E-state index is 12.1. The van der Waals surface area contributed by atoms with Crippen LogP contribution in [0, 0.1) is 0 Å². The van der Waals surface area contributed by atoms with E-state index in [1.807, 2.05) is 24.3 Å². The summed E-state index contributed by atoms with van der Waals surface area (Å²) >= 11 is 0. The van der Waals surface area contributed by atoms with E-state index in [1.54, 1.807) is 25.4 Å². The molecule has 0 fully saturated rings. The zero-order valence-electron chi connectivity index (χ0n) is 11.3. The Morgan fingerprint density at radius 3 is 2.95 bits per heavy atom. The van der Waals surface area contributed by atoms with Gasteiger partial charge in [-0.3, -0.25) is 9.78 Å². The number of anilines is 1. The number of nitrogens with zero attached hydrogens (tertiary/aromatic N) is 1. The number of rotatable bonds is 5. The summed E-state index contributed by atoms with van der Waals surface area (Å²) < 4.78 is 5.07. The van der Waals surface area contributed by atoms with Gasteiger partial charge in [-0.2, -0.15) is 0 Å². The van der Waals surface area contributed by atoms with Crippen molar-refractivity contribution in [1.82, 2.24) is 4.98 Å². The largest absolute Gasteiger partial charge is 0.380 e. The van der Waals surface area contributed by atoms with Crippen LogP contribution in [0.1, 0.15) is 21.6 Å². The first kappa shape index (κ1) is 14.2. The molecule has 5 heteroatoms. The standard InChI is InChI=1S/C15H17N3O2/c1-20-10-11-3-2-4-13(7-11)18-15(19)12-5-6-17-14(8-12)9-16/h2-8H,9-10,16H2,1H3,(H,18,19). The molecular formula is C15H17N3O2. The molecule has 3 N–H and O–H groups in total. The van der Waals surface area contributed by atoms with Crippen molar-refractivity contribution in [2.45, 2.75) is 13.2 Å². The Bertz CT molecular complexity index is 599. The normalized spacial score (nSPS) is 10.3. The maximum Gasteiger partial charge on any atom is 0.255 e. The number of amides is 1. The molecule has 0 spiro atoms. The van der Waals surface area contributed by atoms with Gasteiger partial charge in [0.15, 0.2) is 0 Å². The van der Waals surface area contributed by atoms with Gasteiger partial charge < -0.3 is 15.8 Å². The number of pyridine rings is 1. The SMILES string of the molecule is COCc1cccc(NC(=O)c2ccnc(CN)c2)c1. The predicted molar refractivity (Wildman–Crippen MR) is 77.2 cm³/mol. The van der Waals surface area contributed by atoms with Gasteiger partial charge in [0, 0.05) is 31.1 Å². The van der Waals surface area contributed by atoms with E-state index in [0.717, 1.165) is 11.3 Å². The van der Waals surface area contributed by atoms with Crippen molar-refractivity contribution in [2.75, 3.05) is 12.4 Å². The van der Waals surface area contributed by atoms with Crippen LogP contribution in [0.15, 0.2) is 42.6 Å². The van der Waals surface area contributed by atoms with Crippen LogP contribution >= 0.6 is 0 Å². The molecule has 0 bridgehead atoms. The zero-order chi connectivity index (χ0) is 14.4. The number of nitrogens with two attached hydrogens (primary N) is 1. The first-order valence-corrected chi connectivity index (χ1v) is 6.27. The van der Waals surface area contributed by atoms with Crippen LogP contribution in [-0.2, 0) is 17.9 Å². The van der Waals surface area contributed by atoms with E-state index < -0.39 is 0 Å². The molecule has 1 amide bonds. The Hall–Kier alpha value is -2.24. The van der Waals surface area contributed by atoms with Crippen molar-refractivity contribution in [3.05, 3.63) is 59.4 Å². The summed E-state index contributed by atoms with van der Waals surface area (Å²) in [5.74, 6) is -0.184. The van der Waals surface area contributed by atoms with Crippen molar-refractivity contribution in [3.8, 4) is 0 Å². The smallest absolute Gasteiger partial charge is 0.255 e. The van der Waals surface area contributed by atoms with E-state index >= 15 is 0 Å². The lowest BCUT2D eigenvalue weighted by molar-refractivity contribution is 0.102. The van der Waals surface area contributed by atoms with E-state index in [-0.39, 0.29) is 5.91 Å². The number of hydrogen-bond donors (Lipinski definition) is 2. The number of methoxy groups -OCH3 is 1. The van der Waals surface area contributed by atoms with Crippen molar-refractivity contribution in [3.63, 3.8) is 0 Å². The van der Waals surface area contributed by atoms with Crippen LogP contribution in [-0.4, -0.2) is 18.0 Å². The third kappa shape index (κ3) is 3.63. The molecule has 1 aromatic heterocycles. The van der Waals surface area contributed by atoms with Gasteiger partial charge in [0.25, 0.3) is 5.91 Å². The topological polar surface area (TPSA) is 77.2 Å². The molecule has 0 atom stereocenters. The number of carbonyl (C=O) groups excluding carboxylic acids is 1. The molecule has 0 saturated heterocycles. The lowest BCUT2D eigenvalue weighted by Gasteiger charge is -2.08. The minimum atomic E-state index is -0.184. The molecule has 104 valence electrons. The van der Waals surface area contributed by atoms with E-state index in [4.69, 9.17) is 10.5 Å². The molecule has 1 heterocycles. The summed E-state index contributed by atoms with van der Waals surface area (Å²) in [6.07, 6.45) is 1.58. The van der Waals surface area contributed by atoms with E-state index in [0.29, 0.717) is 24.4 Å². The highest BCUT2D eigenvalue weighted by Crippen LogP contribution is 2.13. The van der Waals surface area contributed by atoms with Crippen LogP contribution in [0.2, 0.25) is 0 Å². The number of carbonyl (C=O) groups is 1. The van der Waals surface area contributed by atoms with E-state index in [1.165, 1.54) is 0 Å². The minimum absolute atomic E-state index is 0.184. The zero-order valence-corrected chi connectivity index (χ0v) is 11.3. The summed E-state index contributed by atoms with van der Waals surface area (Å²) in [7, 11) is 1.64. The predicted octanol–water partition coefficient (Wildman–Crippen LogP) is 1.94. The fourth-order valence-electron chi connectivity index (χ4n) is 1.84. The molecule has 1 aromatic carbocycles. The summed E-state index contributed by atoms with van der Waals surface area (Å²) in [5.41, 5.74) is 8.48. The highest BCUT2D eigenvalue weighted by atomic mass is 16.5. The number of nitrogens with one attached hydrogen (secondary N) is 1. The number of benzene rings is 1. The van der Waals surface area contributed by atoms with Crippen LogP contribution in [0.3, 0.4) is 0 Å². The van der Waals surface area contributed by atoms with Gasteiger partial charge in [0.1, 0.15) is 0 Å². The Kier molecular flexibility index (Phi) is 4.81. The summed E-state index contributed by atoms with van der Waals surface area (Å²) in [6, 6.07) is 10.9. The second-order valence-electron chi connectivity index (χ2n) is 4.33. The van der Waals surface area contributed by atoms with Gasteiger partial charge in [-0.15, -0.1) is 0 Å². The lowest BCUT2D eigenvalue weighted by atomic mass is 10.2. The van der Waals surface area contributed by atoms with Gasteiger partial charge in [-0.25, -0.2) is 0 Å². The lowest BCUT2D eigenvalue weighted by Crippen LogP contribution is -2.13. The molecule has 0 aliphatic rings. The van der Waals surface area contributed by atoms with Gasteiger partial charge in [-0.1, -0.05) is 12.1 Å². The van der Waals surface area contributed by atoms with Gasteiger partial charge in [0.2, 0.25) is 0 Å². The summed E-state index contributed by atoms with van der Waals surface area (Å²) in [6.45, 7) is 0.820. The molecule has 5 nitrogen and oxygen atoms in total. The van der Waals surface area contributed by atoms with Gasteiger partial charge in [0.05, 0.1) is 12.3 Å². The second-order valence-corrected chi connectivity index (χ2v) is 4.33. The van der Waals surface area contributed by atoms with Gasteiger partial charge in [-0.05, 0) is 29.8 Å². The monoisotopic (exact) mass is 271 g/mol. The Labute approximate surface area is 117 Å². The van der Waals surface area contributed by atoms with Crippen molar-refractivity contribution in [1.29, 1.82) is 0 Å². The molecule has 2 rings (SSSR count). The molecule has 0 aliphatic carbocycles. The minimum Gasteiger partial charge on any atom is -0.380 e.